The number of sulfonamides is 1. The lowest BCUT2D eigenvalue weighted by Gasteiger charge is -2.23. The molecule has 1 amide bonds. The molecule has 3 aromatic carbocycles. The molecule has 0 saturated carbocycles. The van der Waals surface area contributed by atoms with Crippen molar-refractivity contribution in [3.05, 3.63) is 94.4 Å². The number of carbonyl (C=O) groups excluding carboxylic acids is 1. The van der Waals surface area contributed by atoms with Crippen molar-refractivity contribution in [3.63, 3.8) is 0 Å². The predicted octanol–water partition coefficient (Wildman–Crippen LogP) is 5.02. The highest BCUT2D eigenvalue weighted by Crippen LogP contribution is 2.36. The SMILES string of the molecule is C=CCOc1c(Br)cc(/C=N\NC(=O)CN(c2cccc(Cl)c2)S(=O)(=O)c2ccccc2)cc1OC. The third-order valence-electron chi connectivity index (χ3n) is 4.71. The molecule has 36 heavy (non-hydrogen) atoms. The fraction of sp³-hybridized carbons (Fsp3) is 0.120. The second-order valence-electron chi connectivity index (χ2n) is 7.23. The number of halogens is 2. The van der Waals surface area contributed by atoms with Crippen LogP contribution in [0.3, 0.4) is 0 Å². The average molecular weight is 593 g/mol. The van der Waals surface area contributed by atoms with Crippen molar-refractivity contribution in [1.82, 2.24) is 5.43 Å². The van der Waals surface area contributed by atoms with Crippen molar-refractivity contribution in [2.24, 2.45) is 5.10 Å². The van der Waals surface area contributed by atoms with E-state index in [1.807, 2.05) is 0 Å². The third kappa shape index (κ3) is 6.87. The Morgan fingerprint density at radius 1 is 1.17 bits per heavy atom. The van der Waals surface area contributed by atoms with Gasteiger partial charge in [-0.05, 0) is 64.0 Å². The van der Waals surface area contributed by atoms with Crippen LogP contribution in [0, 0.1) is 0 Å². The molecule has 1 N–H and O–H groups in total. The first-order valence-corrected chi connectivity index (χ1v) is 13.1. The number of nitrogens with zero attached hydrogens (tertiary/aromatic N) is 2. The Labute approximate surface area is 223 Å². The number of amides is 1. The van der Waals surface area contributed by atoms with Crippen molar-refractivity contribution < 1.29 is 22.7 Å². The quantitative estimate of drug-likeness (QED) is 0.192. The van der Waals surface area contributed by atoms with Crippen molar-refractivity contribution in [3.8, 4) is 11.5 Å². The standard InChI is InChI=1S/C25H23BrClN3O5S/c1-3-12-35-25-22(26)13-18(14-23(25)34-2)16-28-29-24(31)17-30(20-9-7-8-19(27)15-20)36(32,33)21-10-5-4-6-11-21/h3-11,13-16H,1,12,17H2,2H3,(H,29,31)/b28-16-. The molecule has 0 aliphatic heterocycles. The highest BCUT2D eigenvalue weighted by atomic mass is 79.9. The van der Waals surface area contributed by atoms with Crippen LogP contribution in [0.4, 0.5) is 5.69 Å². The molecule has 0 fully saturated rings. The van der Waals surface area contributed by atoms with Gasteiger partial charge in [-0.2, -0.15) is 5.10 Å². The Balaban J connectivity index is 1.80. The molecule has 0 aromatic heterocycles. The van der Waals surface area contributed by atoms with E-state index in [0.29, 0.717) is 33.2 Å². The lowest BCUT2D eigenvalue weighted by molar-refractivity contribution is -0.119. The summed E-state index contributed by atoms with van der Waals surface area (Å²) in [7, 11) is -2.55. The van der Waals surface area contributed by atoms with Crippen LogP contribution in [0.25, 0.3) is 0 Å². The minimum Gasteiger partial charge on any atom is -0.493 e. The Bertz CT molecular complexity index is 1370. The van der Waals surface area contributed by atoms with Crippen LogP contribution in [-0.2, 0) is 14.8 Å². The molecular formula is C25H23BrClN3O5S. The monoisotopic (exact) mass is 591 g/mol. The van der Waals surface area contributed by atoms with Crippen LogP contribution in [0.1, 0.15) is 5.56 Å². The summed E-state index contributed by atoms with van der Waals surface area (Å²) in [6, 6.07) is 17.5. The minimum atomic E-state index is -4.05. The second kappa shape index (κ2) is 12.6. The van der Waals surface area contributed by atoms with E-state index >= 15 is 0 Å². The minimum absolute atomic E-state index is 0.0389. The fourth-order valence-corrected chi connectivity index (χ4v) is 5.30. The summed E-state index contributed by atoms with van der Waals surface area (Å²) < 4.78 is 39.2. The summed E-state index contributed by atoms with van der Waals surface area (Å²) in [4.78, 5) is 12.8. The molecule has 0 aliphatic carbocycles. The van der Waals surface area contributed by atoms with Crippen molar-refractivity contribution in [2.45, 2.75) is 4.90 Å². The van der Waals surface area contributed by atoms with Gasteiger partial charge in [-0.25, -0.2) is 13.8 Å². The maximum absolute atomic E-state index is 13.3. The summed E-state index contributed by atoms with van der Waals surface area (Å²) >= 11 is 9.50. The number of methoxy groups -OCH3 is 1. The van der Waals surface area contributed by atoms with E-state index in [2.05, 4.69) is 33.0 Å². The molecule has 3 aromatic rings. The lowest BCUT2D eigenvalue weighted by atomic mass is 10.2. The largest absolute Gasteiger partial charge is 0.493 e. The molecule has 8 nitrogen and oxygen atoms in total. The van der Waals surface area contributed by atoms with Crippen LogP contribution >= 0.6 is 27.5 Å². The first-order valence-electron chi connectivity index (χ1n) is 10.5. The van der Waals surface area contributed by atoms with E-state index in [9.17, 15) is 13.2 Å². The number of nitrogens with one attached hydrogen (secondary N) is 1. The van der Waals surface area contributed by atoms with E-state index in [4.69, 9.17) is 21.1 Å². The number of carbonyl (C=O) groups is 1. The van der Waals surface area contributed by atoms with Crippen molar-refractivity contribution in [1.29, 1.82) is 0 Å². The van der Waals surface area contributed by atoms with Gasteiger partial charge in [-0.1, -0.05) is 48.5 Å². The van der Waals surface area contributed by atoms with E-state index in [-0.39, 0.29) is 10.6 Å². The normalized spacial score (nSPS) is 11.2. The van der Waals surface area contributed by atoms with Gasteiger partial charge in [-0.15, -0.1) is 0 Å². The Hall–Kier alpha value is -3.34. The van der Waals surface area contributed by atoms with E-state index in [1.54, 1.807) is 54.6 Å². The first-order chi connectivity index (χ1) is 17.3. The number of benzene rings is 3. The molecular weight excluding hydrogens is 570 g/mol. The van der Waals surface area contributed by atoms with E-state index < -0.39 is 22.5 Å². The molecule has 3 rings (SSSR count). The summed E-state index contributed by atoms with van der Waals surface area (Å²) in [5.41, 5.74) is 3.22. The Morgan fingerprint density at radius 2 is 1.92 bits per heavy atom. The van der Waals surface area contributed by atoms with Crippen LogP contribution in [-0.4, -0.2) is 40.8 Å². The number of hydrazone groups is 1. The number of ether oxygens (including phenoxy) is 2. The van der Waals surface area contributed by atoms with Gasteiger partial charge in [-0.3, -0.25) is 9.10 Å². The first kappa shape index (κ1) is 27.3. The summed E-state index contributed by atoms with van der Waals surface area (Å²) in [6.07, 6.45) is 3.01. The van der Waals surface area contributed by atoms with E-state index in [0.717, 1.165) is 4.31 Å². The summed E-state index contributed by atoms with van der Waals surface area (Å²) in [5, 5.41) is 4.30. The van der Waals surface area contributed by atoms with Gasteiger partial charge in [0.1, 0.15) is 13.2 Å². The second-order valence-corrected chi connectivity index (χ2v) is 10.4. The molecule has 0 bridgehead atoms. The summed E-state index contributed by atoms with van der Waals surface area (Å²) in [6.45, 7) is 3.40. The van der Waals surface area contributed by atoms with Crippen LogP contribution in [0.5, 0.6) is 11.5 Å². The topological polar surface area (TPSA) is 97.3 Å². The smallest absolute Gasteiger partial charge is 0.264 e. The van der Waals surface area contributed by atoms with Gasteiger partial charge < -0.3 is 9.47 Å². The molecule has 11 heteroatoms. The molecule has 0 atom stereocenters. The molecule has 0 aliphatic rings. The number of hydrogen-bond acceptors (Lipinski definition) is 6. The van der Waals surface area contributed by atoms with Crippen LogP contribution in [0.15, 0.2) is 93.9 Å². The van der Waals surface area contributed by atoms with Gasteiger partial charge in [0, 0.05) is 5.02 Å². The zero-order valence-electron chi connectivity index (χ0n) is 19.2. The van der Waals surface area contributed by atoms with Crippen molar-refractivity contribution >= 4 is 55.4 Å². The molecule has 0 radical (unpaired) electrons. The molecule has 0 spiro atoms. The maximum atomic E-state index is 13.3. The average Bonchev–Trinajstić information content (AvgIpc) is 2.86. The predicted molar refractivity (Wildman–Crippen MR) is 145 cm³/mol. The number of anilines is 1. The maximum Gasteiger partial charge on any atom is 0.264 e. The van der Waals surface area contributed by atoms with Crippen LogP contribution in [0.2, 0.25) is 5.02 Å². The molecule has 0 unspecified atom stereocenters. The molecule has 0 heterocycles. The summed E-state index contributed by atoms with van der Waals surface area (Å²) in [5.74, 6) is 0.310. The van der Waals surface area contributed by atoms with Gasteiger partial charge in [0.2, 0.25) is 0 Å². The van der Waals surface area contributed by atoms with Crippen LogP contribution < -0.4 is 19.2 Å². The molecule has 188 valence electrons. The highest BCUT2D eigenvalue weighted by Gasteiger charge is 2.27. The lowest BCUT2D eigenvalue weighted by Crippen LogP contribution is -2.39. The highest BCUT2D eigenvalue weighted by molar-refractivity contribution is 9.10. The Kier molecular flexibility index (Phi) is 9.51. The zero-order valence-corrected chi connectivity index (χ0v) is 22.4. The number of rotatable bonds is 11. The van der Waals surface area contributed by atoms with Crippen molar-refractivity contribution in [2.75, 3.05) is 24.6 Å². The zero-order chi connectivity index (χ0) is 26.1. The van der Waals surface area contributed by atoms with Gasteiger partial charge in [0.25, 0.3) is 15.9 Å². The number of hydrogen-bond donors (Lipinski definition) is 1. The molecule has 0 saturated heterocycles. The van der Waals surface area contributed by atoms with Gasteiger partial charge in [0.05, 0.1) is 28.4 Å². The van der Waals surface area contributed by atoms with Gasteiger partial charge in [0.15, 0.2) is 11.5 Å². The fourth-order valence-electron chi connectivity index (χ4n) is 3.11. The third-order valence-corrected chi connectivity index (χ3v) is 7.33. The Morgan fingerprint density at radius 3 is 2.58 bits per heavy atom. The van der Waals surface area contributed by atoms with E-state index in [1.165, 1.54) is 31.5 Å². The van der Waals surface area contributed by atoms with Gasteiger partial charge >= 0.3 is 0 Å².